The zero-order valence-electron chi connectivity index (χ0n) is 24.4. The Morgan fingerprint density at radius 1 is 0.638 bits per heavy atom. The molecule has 0 atom stereocenters. The van der Waals surface area contributed by atoms with Crippen molar-refractivity contribution in [1.82, 2.24) is 0 Å². The molecule has 0 aliphatic heterocycles. The maximum absolute atomic E-state index is 15.4. The molecule has 47 heavy (non-hydrogen) atoms. The van der Waals surface area contributed by atoms with Crippen molar-refractivity contribution in [3.05, 3.63) is 114 Å². The van der Waals surface area contributed by atoms with Crippen LogP contribution < -0.4 is 0 Å². The zero-order chi connectivity index (χ0) is 35.5. The van der Waals surface area contributed by atoms with Gasteiger partial charge in [-0.2, -0.15) is 31.6 Å². The van der Waals surface area contributed by atoms with E-state index in [-0.39, 0.29) is 19.1 Å². The first kappa shape index (κ1) is 35.2. The first-order chi connectivity index (χ1) is 22.2. The average molecular weight is 658 g/mol. The number of benzene rings is 2. The minimum atomic E-state index is -1.99. The van der Waals surface area contributed by atoms with Gasteiger partial charge in [0.05, 0.1) is 50.3 Å². The van der Waals surface area contributed by atoms with Gasteiger partial charge < -0.3 is 0 Å². The van der Waals surface area contributed by atoms with E-state index >= 15 is 17.6 Å². The highest BCUT2D eigenvalue weighted by atomic mass is 31.0. The highest BCUT2D eigenvalue weighted by Crippen LogP contribution is 2.41. The fourth-order valence-electron chi connectivity index (χ4n) is 4.60. The van der Waals surface area contributed by atoms with Gasteiger partial charge in [-0.15, -0.1) is 0 Å². The third-order valence-corrected chi connectivity index (χ3v) is 8.20. The number of hydrogen-bond acceptors (Lipinski definition) is 6. The van der Waals surface area contributed by atoms with Crippen molar-refractivity contribution in [2.45, 2.75) is 27.7 Å². The van der Waals surface area contributed by atoms with Crippen LogP contribution in [0.4, 0.5) is 30.7 Å². The van der Waals surface area contributed by atoms with Gasteiger partial charge in [-0.05, 0) is 61.8 Å². The molecule has 1 aromatic heterocycles. The van der Waals surface area contributed by atoms with Crippen LogP contribution in [0, 0.1) is 129 Å². The largest absolute Gasteiger partial charge is 0.206 e. The number of rotatable bonds is 5. The third-order valence-electron chi connectivity index (χ3n) is 7.00. The molecule has 0 unspecified atom stereocenters. The zero-order valence-corrected chi connectivity index (χ0v) is 25.3. The smallest absolute Gasteiger partial charge is 0.178 e. The number of nitriles is 6. The van der Waals surface area contributed by atoms with E-state index in [1.54, 1.807) is 12.1 Å². The van der Waals surface area contributed by atoms with Crippen LogP contribution in [0.15, 0.2) is 23.3 Å². The molecular formula is C33H14F7N6P. The van der Waals surface area contributed by atoms with Gasteiger partial charge in [-0.1, -0.05) is 8.19 Å². The minimum Gasteiger partial charge on any atom is -0.206 e. The molecule has 2 aromatic carbocycles. The first-order valence-electron chi connectivity index (χ1n) is 12.8. The maximum Gasteiger partial charge on any atom is 0.178 e. The summed E-state index contributed by atoms with van der Waals surface area (Å²) in [4.78, 5) is 0. The van der Waals surface area contributed by atoms with Crippen LogP contribution in [-0.2, 0) is 0 Å². The summed E-state index contributed by atoms with van der Waals surface area (Å²) in [5.74, 6) is -12.1. The molecule has 6 nitrogen and oxygen atoms in total. The van der Waals surface area contributed by atoms with Crippen LogP contribution in [0.2, 0.25) is 0 Å². The molecule has 0 saturated carbocycles. The Labute approximate surface area is 264 Å². The second kappa shape index (κ2) is 13.8. The lowest BCUT2D eigenvalue weighted by atomic mass is 9.88. The van der Waals surface area contributed by atoms with Crippen LogP contribution in [-0.4, -0.2) is 0 Å². The van der Waals surface area contributed by atoms with E-state index in [9.17, 15) is 34.2 Å². The average Bonchev–Trinajstić information content (AvgIpc) is 3.05. The van der Waals surface area contributed by atoms with E-state index in [1.807, 2.05) is 0 Å². The Balaban J connectivity index is 2.70. The Morgan fingerprint density at radius 3 is 1.70 bits per heavy atom. The van der Waals surface area contributed by atoms with E-state index < -0.39 is 107 Å². The van der Waals surface area contributed by atoms with Crippen LogP contribution >= 0.6 is 8.19 Å². The fraction of sp³-hybridized carbons (Fsp3) is 0.121. The monoisotopic (exact) mass is 658 g/mol. The van der Waals surface area contributed by atoms with Crippen molar-refractivity contribution >= 4 is 24.9 Å². The number of hydrogen-bond donors (Lipinski definition) is 0. The number of nitrogens with zero attached hydrogens (tertiary/aromatic N) is 6. The number of halogens is 7. The molecule has 0 radical (unpaired) electrons. The van der Waals surface area contributed by atoms with Crippen molar-refractivity contribution in [3.63, 3.8) is 0 Å². The molecule has 1 heterocycles. The second-order valence-electron chi connectivity index (χ2n) is 9.63. The van der Waals surface area contributed by atoms with Crippen LogP contribution in [0.25, 0.3) is 16.7 Å². The van der Waals surface area contributed by atoms with Gasteiger partial charge in [0.25, 0.3) is 0 Å². The summed E-state index contributed by atoms with van der Waals surface area (Å²) in [5.41, 5.74) is -9.33. The first-order valence-corrected chi connectivity index (χ1v) is 13.7. The van der Waals surface area contributed by atoms with E-state index in [1.165, 1.54) is 38.1 Å². The summed E-state index contributed by atoms with van der Waals surface area (Å²) in [6, 6.07) is 9.70. The van der Waals surface area contributed by atoms with Crippen LogP contribution in [0.3, 0.4) is 0 Å². The van der Waals surface area contributed by atoms with Crippen molar-refractivity contribution in [2.75, 3.05) is 0 Å². The predicted octanol–water partition coefficient (Wildman–Crippen LogP) is 8.66. The third kappa shape index (κ3) is 5.93. The molecule has 0 bridgehead atoms. The van der Waals surface area contributed by atoms with Gasteiger partial charge in [-0.25, -0.2) is 30.7 Å². The van der Waals surface area contributed by atoms with Gasteiger partial charge in [0.1, 0.15) is 36.2 Å². The van der Waals surface area contributed by atoms with E-state index in [4.69, 9.17) is 10.5 Å². The second-order valence-corrected chi connectivity index (χ2v) is 11.0. The van der Waals surface area contributed by atoms with Gasteiger partial charge >= 0.3 is 0 Å². The molecule has 0 saturated heterocycles. The molecule has 3 aromatic rings. The highest BCUT2D eigenvalue weighted by Gasteiger charge is 2.29. The summed E-state index contributed by atoms with van der Waals surface area (Å²) >= 11 is 0. The molecule has 0 spiro atoms. The lowest BCUT2D eigenvalue weighted by molar-refractivity contribution is 0.486. The fourth-order valence-corrected chi connectivity index (χ4v) is 5.68. The maximum atomic E-state index is 15.4. The van der Waals surface area contributed by atoms with E-state index in [0.717, 1.165) is 19.9 Å². The van der Waals surface area contributed by atoms with Gasteiger partial charge in [0.15, 0.2) is 34.9 Å². The van der Waals surface area contributed by atoms with Gasteiger partial charge in [-0.3, -0.25) is 0 Å². The highest BCUT2D eigenvalue weighted by molar-refractivity contribution is 7.32. The lowest BCUT2D eigenvalue weighted by Crippen LogP contribution is -2.06. The SMILES string of the molecule is CC(/C(C=C(C#N)c1c(F)c(C)c(C#N)c(F)c1F)=C(/C#N)c1pc(C)c(C#N)c(F)c1F)=C(/C#N)c1c(C)cc(C#N)c(F)c1F. The minimum absolute atomic E-state index is 0.0851. The van der Waals surface area contributed by atoms with E-state index in [0.29, 0.717) is 6.08 Å². The van der Waals surface area contributed by atoms with Gasteiger partial charge in [0.2, 0.25) is 0 Å². The summed E-state index contributed by atoms with van der Waals surface area (Å²) in [5, 5.41) is 57.0. The van der Waals surface area contributed by atoms with Crippen molar-refractivity contribution in [2.24, 2.45) is 0 Å². The molecule has 0 amide bonds. The Kier molecular flexibility index (Phi) is 10.4. The van der Waals surface area contributed by atoms with Crippen LogP contribution in [0.1, 0.15) is 56.5 Å². The number of aryl methyl sites for hydroxylation is 2. The summed E-state index contributed by atoms with van der Waals surface area (Å²) in [6.07, 6.45) is 0.539. The van der Waals surface area contributed by atoms with Crippen LogP contribution in [0.5, 0.6) is 0 Å². The van der Waals surface area contributed by atoms with Gasteiger partial charge in [0, 0.05) is 11.1 Å². The summed E-state index contributed by atoms with van der Waals surface area (Å²) in [7, 11) is -0.270. The molecule has 3 rings (SSSR count). The molecule has 0 aliphatic carbocycles. The van der Waals surface area contributed by atoms with Crippen molar-refractivity contribution in [3.8, 4) is 36.4 Å². The van der Waals surface area contributed by atoms with E-state index in [2.05, 4.69) is 0 Å². The predicted molar refractivity (Wildman–Crippen MR) is 154 cm³/mol. The Hall–Kier alpha value is -6.24. The Morgan fingerprint density at radius 2 is 1.19 bits per heavy atom. The molecule has 14 heteroatoms. The quantitative estimate of drug-likeness (QED) is 0.116. The molecule has 0 N–H and O–H groups in total. The van der Waals surface area contributed by atoms with Crippen molar-refractivity contribution in [1.29, 1.82) is 31.6 Å². The van der Waals surface area contributed by atoms with Crippen molar-refractivity contribution < 1.29 is 30.7 Å². The number of allylic oxidation sites excluding steroid dienone is 6. The normalized spacial score (nSPS) is 12.1. The topological polar surface area (TPSA) is 143 Å². The molecule has 0 aliphatic rings. The molecular weight excluding hydrogens is 644 g/mol. The Bertz CT molecular complexity index is 2250. The summed E-state index contributed by atoms with van der Waals surface area (Å²) in [6.45, 7) is 4.36. The molecule has 0 fully saturated rings. The lowest BCUT2D eigenvalue weighted by Gasteiger charge is -2.16. The summed E-state index contributed by atoms with van der Waals surface area (Å²) < 4.78 is 106. The standard InChI is InChI=1S/C33H14F7N6P/c1-13-5-18(8-42)27(35)30(38)24(13)20(9-43)14(2)19(23(12-46)33-32(40)29(37)22(11-45)16(4)47-33)6-17(7-41)25-26(34)15(3)21(10-44)28(36)31(25)39/h5-6H,1-4H3/b17-6?,20-14+,23-19-. The molecule has 230 valence electrons.